The number of hydrazone groups is 1. The summed E-state index contributed by atoms with van der Waals surface area (Å²) in [5.74, 6) is 0.552. The highest BCUT2D eigenvalue weighted by molar-refractivity contribution is 5.80. The van der Waals surface area contributed by atoms with Crippen LogP contribution in [0.1, 0.15) is 16.7 Å². The van der Waals surface area contributed by atoms with Crippen LogP contribution in [0.3, 0.4) is 0 Å². The summed E-state index contributed by atoms with van der Waals surface area (Å²) in [7, 11) is 0. The molecule has 3 rings (SSSR count). The highest BCUT2D eigenvalue weighted by Crippen LogP contribution is 2.29. The van der Waals surface area contributed by atoms with Gasteiger partial charge in [-0.25, -0.2) is 0 Å². The van der Waals surface area contributed by atoms with Gasteiger partial charge in [-0.3, -0.25) is 5.43 Å². The molecule has 0 saturated heterocycles. The molecular formula is C21H17F3N2O. The Hall–Kier alpha value is -3.28. The summed E-state index contributed by atoms with van der Waals surface area (Å²) < 4.78 is 43.9. The molecule has 138 valence electrons. The molecule has 0 unspecified atom stereocenters. The summed E-state index contributed by atoms with van der Waals surface area (Å²) in [5.41, 5.74) is 4.35. The molecular weight excluding hydrogens is 353 g/mol. The highest BCUT2D eigenvalue weighted by Gasteiger charge is 2.30. The topological polar surface area (TPSA) is 33.6 Å². The molecule has 0 aliphatic heterocycles. The second kappa shape index (κ2) is 8.40. The fraction of sp³-hybridized carbons (Fsp3) is 0.0952. The van der Waals surface area contributed by atoms with Gasteiger partial charge in [-0.1, -0.05) is 42.5 Å². The third-order valence-corrected chi connectivity index (χ3v) is 3.70. The van der Waals surface area contributed by atoms with E-state index in [0.29, 0.717) is 11.3 Å². The lowest BCUT2D eigenvalue weighted by Gasteiger charge is -2.10. The zero-order valence-electron chi connectivity index (χ0n) is 14.3. The van der Waals surface area contributed by atoms with Crippen LogP contribution in [0, 0.1) is 0 Å². The number of ether oxygens (including phenoxy) is 1. The molecule has 0 heterocycles. The molecule has 0 spiro atoms. The first-order valence-corrected chi connectivity index (χ1v) is 8.24. The molecule has 0 bridgehead atoms. The predicted octanol–water partition coefficient (Wildman–Crippen LogP) is 5.73. The molecule has 1 N–H and O–H groups in total. The number of para-hydroxylation sites is 1. The van der Waals surface area contributed by atoms with Crippen LogP contribution in [0.15, 0.2) is 84.0 Å². The number of benzene rings is 3. The van der Waals surface area contributed by atoms with Gasteiger partial charge in [0, 0.05) is 0 Å². The van der Waals surface area contributed by atoms with Gasteiger partial charge in [0.25, 0.3) is 0 Å². The van der Waals surface area contributed by atoms with Crippen molar-refractivity contribution in [2.45, 2.75) is 12.8 Å². The molecule has 0 aromatic heterocycles. The van der Waals surface area contributed by atoms with Gasteiger partial charge in [-0.2, -0.15) is 18.3 Å². The van der Waals surface area contributed by atoms with Crippen molar-refractivity contribution < 1.29 is 17.9 Å². The summed E-state index contributed by atoms with van der Waals surface area (Å²) in [6.07, 6.45) is -2.72. The first kappa shape index (κ1) is 18.5. The predicted molar refractivity (Wildman–Crippen MR) is 99.9 cm³/mol. The Morgan fingerprint density at radius 2 is 1.67 bits per heavy atom. The van der Waals surface area contributed by atoms with Crippen LogP contribution in [0.25, 0.3) is 0 Å². The monoisotopic (exact) mass is 370 g/mol. The Balaban J connectivity index is 1.61. The van der Waals surface area contributed by atoms with E-state index in [1.54, 1.807) is 30.5 Å². The third kappa shape index (κ3) is 5.60. The van der Waals surface area contributed by atoms with Crippen molar-refractivity contribution in [2.24, 2.45) is 5.10 Å². The Bertz CT molecular complexity index is 909. The van der Waals surface area contributed by atoms with Crippen molar-refractivity contribution in [1.29, 1.82) is 0 Å². The van der Waals surface area contributed by atoms with E-state index in [-0.39, 0.29) is 6.61 Å². The number of anilines is 1. The Kier molecular flexibility index (Phi) is 5.76. The molecule has 0 radical (unpaired) electrons. The lowest BCUT2D eigenvalue weighted by atomic mass is 10.1. The molecule has 0 aliphatic rings. The van der Waals surface area contributed by atoms with Crippen molar-refractivity contribution in [3.63, 3.8) is 0 Å². The first-order valence-electron chi connectivity index (χ1n) is 8.24. The fourth-order valence-electron chi connectivity index (χ4n) is 2.38. The number of hydrogen-bond donors (Lipinski definition) is 1. The minimum atomic E-state index is -4.36. The van der Waals surface area contributed by atoms with Crippen molar-refractivity contribution in [3.8, 4) is 5.75 Å². The van der Waals surface area contributed by atoms with Gasteiger partial charge < -0.3 is 4.74 Å². The Labute approximate surface area is 155 Å². The van der Waals surface area contributed by atoms with E-state index >= 15 is 0 Å². The number of nitrogens with one attached hydrogen (secondary N) is 1. The molecule has 0 saturated carbocycles. The van der Waals surface area contributed by atoms with E-state index in [4.69, 9.17) is 4.74 Å². The lowest BCUT2D eigenvalue weighted by Crippen LogP contribution is -2.06. The van der Waals surface area contributed by atoms with Crippen molar-refractivity contribution >= 4 is 11.9 Å². The molecule has 0 aliphatic carbocycles. The Morgan fingerprint density at radius 1 is 0.889 bits per heavy atom. The van der Waals surface area contributed by atoms with Gasteiger partial charge in [-0.05, 0) is 47.5 Å². The quantitative estimate of drug-likeness (QED) is 0.444. The van der Waals surface area contributed by atoms with E-state index in [0.717, 1.165) is 23.4 Å². The van der Waals surface area contributed by atoms with Crippen molar-refractivity contribution in [1.82, 2.24) is 0 Å². The van der Waals surface area contributed by atoms with Crippen LogP contribution in [0.5, 0.6) is 5.75 Å². The number of alkyl halides is 3. The summed E-state index contributed by atoms with van der Waals surface area (Å²) in [4.78, 5) is 0. The van der Waals surface area contributed by atoms with E-state index in [2.05, 4.69) is 10.5 Å². The molecule has 3 aromatic carbocycles. The molecule has 0 fully saturated rings. The summed E-state index contributed by atoms with van der Waals surface area (Å²) in [5, 5.41) is 4.15. The van der Waals surface area contributed by atoms with Gasteiger partial charge in [0.1, 0.15) is 12.4 Å². The van der Waals surface area contributed by atoms with Crippen LogP contribution < -0.4 is 10.2 Å². The van der Waals surface area contributed by atoms with Gasteiger partial charge >= 0.3 is 6.18 Å². The molecule has 6 heteroatoms. The van der Waals surface area contributed by atoms with Gasteiger partial charge in [0.05, 0.1) is 17.5 Å². The van der Waals surface area contributed by atoms with Gasteiger partial charge in [0.2, 0.25) is 0 Å². The third-order valence-electron chi connectivity index (χ3n) is 3.70. The largest absolute Gasteiger partial charge is 0.489 e. The minimum absolute atomic E-state index is 0.0484. The van der Waals surface area contributed by atoms with Gasteiger partial charge in [0.15, 0.2) is 0 Å². The average molecular weight is 370 g/mol. The first-order chi connectivity index (χ1) is 13.0. The van der Waals surface area contributed by atoms with Crippen LogP contribution in [0.4, 0.5) is 18.9 Å². The smallest absolute Gasteiger partial charge is 0.416 e. The van der Waals surface area contributed by atoms with Crippen molar-refractivity contribution in [3.05, 3.63) is 95.6 Å². The zero-order chi connectivity index (χ0) is 19.1. The fourth-order valence-corrected chi connectivity index (χ4v) is 2.38. The molecule has 3 aromatic rings. The maximum atomic E-state index is 12.8. The van der Waals surface area contributed by atoms with E-state index in [1.165, 1.54) is 6.07 Å². The molecule has 27 heavy (non-hydrogen) atoms. The second-order valence-corrected chi connectivity index (χ2v) is 5.80. The summed E-state index contributed by atoms with van der Waals surface area (Å²) in [6.45, 7) is 0.0484. The van der Waals surface area contributed by atoms with Crippen molar-refractivity contribution in [2.75, 3.05) is 5.43 Å². The van der Waals surface area contributed by atoms with Crippen LogP contribution in [-0.4, -0.2) is 6.21 Å². The minimum Gasteiger partial charge on any atom is -0.489 e. The molecule has 3 nitrogen and oxygen atoms in total. The number of nitrogens with zero attached hydrogens (tertiary/aromatic N) is 1. The summed E-state index contributed by atoms with van der Waals surface area (Å²) in [6, 6.07) is 21.8. The van der Waals surface area contributed by atoms with E-state index < -0.39 is 11.7 Å². The maximum Gasteiger partial charge on any atom is 0.416 e. The van der Waals surface area contributed by atoms with E-state index in [9.17, 15) is 13.2 Å². The Morgan fingerprint density at radius 3 is 2.44 bits per heavy atom. The normalized spacial score (nSPS) is 11.5. The van der Waals surface area contributed by atoms with Crippen LogP contribution in [0.2, 0.25) is 0 Å². The number of hydrogen-bond acceptors (Lipinski definition) is 3. The molecule has 0 amide bonds. The SMILES string of the molecule is FC(F)(F)c1cccc(COc2cccc(C=NNc3ccccc3)c2)c1. The van der Waals surface area contributed by atoms with Crippen LogP contribution >= 0.6 is 0 Å². The lowest BCUT2D eigenvalue weighted by molar-refractivity contribution is -0.137. The highest BCUT2D eigenvalue weighted by atomic mass is 19.4. The standard InChI is InChI=1S/C21H17F3N2O/c22-21(23,24)18-8-4-7-17(12-18)15-27-20-11-5-6-16(13-20)14-25-26-19-9-2-1-3-10-19/h1-14,26H,15H2. The van der Waals surface area contributed by atoms with Crippen LogP contribution in [-0.2, 0) is 12.8 Å². The second-order valence-electron chi connectivity index (χ2n) is 5.80. The number of halogens is 3. The summed E-state index contributed by atoms with van der Waals surface area (Å²) >= 11 is 0. The number of rotatable bonds is 6. The average Bonchev–Trinajstić information content (AvgIpc) is 2.67. The van der Waals surface area contributed by atoms with E-state index in [1.807, 2.05) is 36.4 Å². The molecule has 0 atom stereocenters. The maximum absolute atomic E-state index is 12.8. The van der Waals surface area contributed by atoms with Gasteiger partial charge in [-0.15, -0.1) is 0 Å². The zero-order valence-corrected chi connectivity index (χ0v) is 14.3.